The Bertz CT molecular complexity index is 606. The fourth-order valence-corrected chi connectivity index (χ4v) is 5.49. The topological polar surface area (TPSA) is 81.8 Å². The highest BCUT2D eigenvalue weighted by molar-refractivity contribution is 6.09. The molecule has 1 aliphatic carbocycles. The molecule has 3 aliphatic rings. The molecule has 3 atom stereocenters. The summed E-state index contributed by atoms with van der Waals surface area (Å²) in [7, 11) is 1.87. The van der Waals surface area contributed by atoms with Gasteiger partial charge in [0.2, 0.25) is 5.91 Å². The monoisotopic (exact) mass is 364 g/mol. The first-order chi connectivity index (χ1) is 12.2. The largest absolute Gasteiger partial charge is 0.337 e. The van der Waals surface area contributed by atoms with Crippen molar-refractivity contribution < 1.29 is 14.4 Å². The van der Waals surface area contributed by atoms with Gasteiger partial charge in [0.05, 0.1) is 0 Å². The number of nitrogens with one attached hydrogen (secondary N) is 2. The molecule has 0 aromatic rings. The maximum Gasteiger partial charge on any atom is 0.325 e. The Morgan fingerprint density at radius 3 is 2.69 bits per heavy atom. The van der Waals surface area contributed by atoms with Crippen molar-refractivity contribution in [3.05, 3.63) is 0 Å². The van der Waals surface area contributed by atoms with Gasteiger partial charge in [-0.05, 0) is 50.5 Å². The van der Waals surface area contributed by atoms with Gasteiger partial charge in [-0.1, -0.05) is 20.8 Å². The third-order valence-corrected chi connectivity index (χ3v) is 6.05. The number of hydrogen-bond donors (Lipinski definition) is 2. The average molecular weight is 364 g/mol. The summed E-state index contributed by atoms with van der Waals surface area (Å²) in [6.07, 6.45) is 4.25. The quantitative estimate of drug-likeness (QED) is 0.738. The number of urea groups is 1. The minimum Gasteiger partial charge on any atom is -0.337 e. The molecule has 7 nitrogen and oxygen atoms in total. The van der Waals surface area contributed by atoms with Gasteiger partial charge >= 0.3 is 6.03 Å². The van der Waals surface area contributed by atoms with E-state index in [1.54, 1.807) is 0 Å². The van der Waals surface area contributed by atoms with E-state index in [0.717, 1.165) is 30.7 Å². The van der Waals surface area contributed by atoms with E-state index in [0.29, 0.717) is 25.3 Å². The van der Waals surface area contributed by atoms with Gasteiger partial charge in [-0.2, -0.15) is 0 Å². The van der Waals surface area contributed by atoms with Gasteiger partial charge < -0.3 is 15.5 Å². The third-order valence-electron chi connectivity index (χ3n) is 6.05. The van der Waals surface area contributed by atoms with Crippen LogP contribution >= 0.6 is 0 Å². The second kappa shape index (κ2) is 6.83. The predicted molar refractivity (Wildman–Crippen MR) is 98.4 cm³/mol. The van der Waals surface area contributed by atoms with Crippen LogP contribution in [0.4, 0.5) is 4.79 Å². The molecule has 1 saturated carbocycles. The highest BCUT2D eigenvalue weighted by atomic mass is 16.2. The zero-order valence-electron chi connectivity index (χ0n) is 16.4. The maximum absolute atomic E-state index is 13.1. The first-order valence-electron chi connectivity index (χ1n) is 9.76. The first kappa shape index (κ1) is 19.1. The van der Waals surface area contributed by atoms with Crippen molar-refractivity contribution in [2.24, 2.45) is 11.3 Å². The van der Waals surface area contributed by atoms with E-state index in [9.17, 15) is 14.4 Å². The number of carbonyl (C=O) groups is 3. The molecule has 146 valence electrons. The van der Waals surface area contributed by atoms with Gasteiger partial charge in [-0.15, -0.1) is 0 Å². The van der Waals surface area contributed by atoms with Crippen molar-refractivity contribution >= 4 is 17.8 Å². The van der Waals surface area contributed by atoms with Crippen LogP contribution in [0.25, 0.3) is 0 Å². The number of rotatable bonds is 4. The number of imide groups is 1. The zero-order valence-corrected chi connectivity index (χ0v) is 16.4. The zero-order chi connectivity index (χ0) is 19.1. The molecule has 0 aromatic heterocycles. The Hall–Kier alpha value is -1.63. The molecule has 0 aromatic carbocycles. The molecule has 1 spiro atoms. The lowest BCUT2D eigenvalue weighted by atomic mass is 9.64. The molecule has 4 amide bonds. The number of likely N-dealkylation sites (tertiary alicyclic amines) is 1. The lowest BCUT2D eigenvalue weighted by Gasteiger charge is -2.43. The Morgan fingerprint density at radius 1 is 1.31 bits per heavy atom. The summed E-state index contributed by atoms with van der Waals surface area (Å²) in [6.45, 7) is 7.70. The lowest BCUT2D eigenvalue weighted by Crippen LogP contribution is -2.54. The Balaban J connectivity index is 1.72. The number of nitrogens with zero attached hydrogens (tertiary/aromatic N) is 2. The van der Waals surface area contributed by atoms with Gasteiger partial charge in [0, 0.05) is 19.1 Å². The smallest absolute Gasteiger partial charge is 0.325 e. The predicted octanol–water partition coefficient (Wildman–Crippen LogP) is 1.33. The summed E-state index contributed by atoms with van der Waals surface area (Å²) in [5.41, 5.74) is -0.846. The second-order valence-electron chi connectivity index (χ2n) is 9.20. The van der Waals surface area contributed by atoms with Gasteiger partial charge in [-0.25, -0.2) is 4.79 Å². The van der Waals surface area contributed by atoms with E-state index in [1.165, 1.54) is 0 Å². The van der Waals surface area contributed by atoms with E-state index in [1.807, 2.05) is 11.9 Å². The Labute approximate surface area is 155 Å². The molecule has 7 heteroatoms. The highest BCUT2D eigenvalue weighted by Gasteiger charge is 2.56. The Kier molecular flexibility index (Phi) is 5.03. The van der Waals surface area contributed by atoms with Gasteiger partial charge in [0.15, 0.2) is 0 Å². The van der Waals surface area contributed by atoms with Crippen LogP contribution in [0.5, 0.6) is 0 Å². The number of amides is 4. The molecule has 2 saturated heterocycles. The fraction of sp³-hybridized carbons (Fsp3) is 0.842. The molecule has 26 heavy (non-hydrogen) atoms. The maximum atomic E-state index is 13.1. The van der Waals surface area contributed by atoms with Crippen molar-refractivity contribution in [2.75, 3.05) is 26.7 Å². The number of hydrogen-bond acceptors (Lipinski definition) is 4. The van der Waals surface area contributed by atoms with E-state index >= 15 is 0 Å². The van der Waals surface area contributed by atoms with Crippen molar-refractivity contribution in [1.29, 1.82) is 0 Å². The second-order valence-corrected chi connectivity index (χ2v) is 9.20. The lowest BCUT2D eigenvalue weighted by molar-refractivity contribution is -0.141. The van der Waals surface area contributed by atoms with Crippen molar-refractivity contribution in [3.63, 3.8) is 0 Å². The van der Waals surface area contributed by atoms with Crippen LogP contribution in [-0.4, -0.2) is 65.9 Å². The van der Waals surface area contributed by atoms with Crippen LogP contribution in [0.15, 0.2) is 0 Å². The molecular weight excluding hydrogens is 332 g/mol. The molecule has 2 heterocycles. The van der Waals surface area contributed by atoms with Crippen LogP contribution in [0.3, 0.4) is 0 Å². The summed E-state index contributed by atoms with van der Waals surface area (Å²) < 4.78 is 0. The molecule has 3 fully saturated rings. The average Bonchev–Trinajstić information content (AvgIpc) is 3.05. The fourth-order valence-electron chi connectivity index (χ4n) is 5.49. The molecule has 0 bridgehead atoms. The molecule has 3 unspecified atom stereocenters. The minimum atomic E-state index is -0.839. The van der Waals surface area contributed by atoms with E-state index in [2.05, 4.69) is 31.4 Å². The molecule has 2 N–H and O–H groups in total. The number of likely N-dealkylation sites (N-methyl/N-ethyl adjacent to an activating group) is 1. The van der Waals surface area contributed by atoms with Crippen molar-refractivity contribution in [3.8, 4) is 0 Å². The first-order valence-corrected chi connectivity index (χ1v) is 9.76. The van der Waals surface area contributed by atoms with Crippen LogP contribution in [-0.2, 0) is 9.59 Å². The van der Waals surface area contributed by atoms with Gasteiger partial charge in [0.25, 0.3) is 5.91 Å². The van der Waals surface area contributed by atoms with E-state index < -0.39 is 11.6 Å². The number of carbonyl (C=O) groups excluding carboxylic acids is 3. The van der Waals surface area contributed by atoms with E-state index in [-0.39, 0.29) is 29.8 Å². The third kappa shape index (κ3) is 3.46. The summed E-state index contributed by atoms with van der Waals surface area (Å²) in [4.78, 5) is 41.4. The normalized spacial score (nSPS) is 33.8. The minimum absolute atomic E-state index is 0.00648. The Morgan fingerprint density at radius 2 is 2.04 bits per heavy atom. The van der Waals surface area contributed by atoms with Gasteiger partial charge in [0.1, 0.15) is 12.1 Å². The van der Waals surface area contributed by atoms with Crippen molar-refractivity contribution in [2.45, 2.75) is 64.5 Å². The van der Waals surface area contributed by atoms with Crippen LogP contribution < -0.4 is 10.6 Å². The standard InChI is InChI=1S/C19H32N4O3/c1-13-8-18(2,3)12-19(9-13)16(25)23(17(26)21-19)11-15(24)22-7-5-6-14(22)10-20-4/h13-14,20H,5-12H2,1-4H3,(H,21,26). The van der Waals surface area contributed by atoms with Gasteiger partial charge in [-0.3, -0.25) is 14.5 Å². The van der Waals surface area contributed by atoms with Crippen molar-refractivity contribution in [1.82, 2.24) is 20.4 Å². The summed E-state index contributed by atoms with van der Waals surface area (Å²) in [5, 5.41) is 6.05. The SMILES string of the molecule is CNCC1CCCN1C(=O)CN1C(=O)NC2(CC(C)CC(C)(C)C2)C1=O. The van der Waals surface area contributed by atoms with Crippen LogP contribution in [0, 0.1) is 11.3 Å². The molecule has 3 rings (SSSR count). The molecular formula is C19H32N4O3. The molecule has 0 radical (unpaired) electrons. The highest BCUT2D eigenvalue weighted by Crippen LogP contribution is 2.46. The molecule has 2 aliphatic heterocycles. The summed E-state index contributed by atoms with van der Waals surface area (Å²) in [6, 6.07) is -0.270. The van der Waals surface area contributed by atoms with E-state index in [4.69, 9.17) is 0 Å². The summed E-state index contributed by atoms with van der Waals surface area (Å²) in [5.74, 6) is 0.00324. The van der Waals surface area contributed by atoms with Crippen LogP contribution in [0.2, 0.25) is 0 Å². The summed E-state index contributed by atoms with van der Waals surface area (Å²) >= 11 is 0. The van der Waals surface area contributed by atoms with Crippen LogP contribution in [0.1, 0.15) is 52.9 Å².